The number of hydrogen-bond donors (Lipinski definition) is 1. The molecule has 0 unspecified atom stereocenters. The molecule has 1 aromatic heterocycles. The molecule has 0 saturated heterocycles. The van der Waals surface area contributed by atoms with Crippen LogP contribution in [0.1, 0.15) is 11.1 Å². The van der Waals surface area contributed by atoms with E-state index in [1.807, 2.05) is 24.3 Å². The summed E-state index contributed by atoms with van der Waals surface area (Å²) in [5, 5.41) is 13.9. The van der Waals surface area contributed by atoms with E-state index < -0.39 is 0 Å². The topological polar surface area (TPSA) is 47.3 Å². The van der Waals surface area contributed by atoms with E-state index in [9.17, 15) is 0 Å². The van der Waals surface area contributed by atoms with Crippen molar-refractivity contribution < 1.29 is 9.84 Å². The van der Waals surface area contributed by atoms with Crippen molar-refractivity contribution in [1.82, 2.24) is 9.78 Å². The molecule has 1 aromatic carbocycles. The van der Waals surface area contributed by atoms with Gasteiger partial charge in [-0.25, -0.2) is 4.68 Å². The molecule has 0 saturated carbocycles. The van der Waals surface area contributed by atoms with Crippen molar-refractivity contribution in [3.8, 4) is 5.88 Å². The zero-order valence-corrected chi connectivity index (χ0v) is 10.9. The van der Waals surface area contributed by atoms with Crippen LogP contribution < -0.4 is 4.74 Å². The molecular formula is C13H15ClN2O2. The number of hydrogen-bond acceptors (Lipinski definition) is 3. The van der Waals surface area contributed by atoms with Crippen molar-refractivity contribution >= 4 is 11.6 Å². The number of aliphatic hydroxyl groups excluding tert-OH is 1. The minimum Gasteiger partial charge on any atom is -0.481 e. The van der Waals surface area contributed by atoms with Crippen molar-refractivity contribution in [2.24, 2.45) is 0 Å². The lowest BCUT2D eigenvalue weighted by molar-refractivity contribution is 0.295. The van der Waals surface area contributed by atoms with Crippen LogP contribution in [-0.4, -0.2) is 28.6 Å². The molecular weight excluding hydrogens is 252 g/mol. The number of methoxy groups -OCH3 is 1. The molecule has 0 aliphatic rings. The van der Waals surface area contributed by atoms with Crippen LogP contribution in [0.5, 0.6) is 5.88 Å². The Morgan fingerprint density at radius 1 is 1.44 bits per heavy atom. The largest absolute Gasteiger partial charge is 0.481 e. The lowest BCUT2D eigenvalue weighted by Gasteiger charge is -2.08. The van der Waals surface area contributed by atoms with E-state index in [0.29, 0.717) is 23.9 Å². The molecule has 1 N–H and O–H groups in total. The van der Waals surface area contributed by atoms with Crippen LogP contribution in [0.15, 0.2) is 30.5 Å². The second-order valence-electron chi connectivity index (χ2n) is 3.94. The van der Waals surface area contributed by atoms with Gasteiger partial charge in [0.2, 0.25) is 5.88 Å². The highest BCUT2D eigenvalue weighted by Crippen LogP contribution is 2.20. The molecule has 0 aliphatic carbocycles. The van der Waals surface area contributed by atoms with E-state index in [1.54, 1.807) is 18.0 Å². The molecule has 0 spiro atoms. The van der Waals surface area contributed by atoms with Crippen LogP contribution in [0.3, 0.4) is 0 Å². The van der Waals surface area contributed by atoms with Gasteiger partial charge in [0.1, 0.15) is 0 Å². The third-order valence-corrected chi connectivity index (χ3v) is 2.89. The number of rotatable bonds is 5. The number of halogens is 1. The summed E-state index contributed by atoms with van der Waals surface area (Å²) in [6.07, 6.45) is 2.26. The summed E-state index contributed by atoms with van der Waals surface area (Å²) in [5.41, 5.74) is 1.96. The molecule has 18 heavy (non-hydrogen) atoms. The molecule has 4 nitrogen and oxygen atoms in total. The average Bonchev–Trinajstić information content (AvgIpc) is 2.72. The monoisotopic (exact) mass is 266 g/mol. The van der Waals surface area contributed by atoms with Gasteiger partial charge in [-0.3, -0.25) is 0 Å². The second kappa shape index (κ2) is 5.89. The minimum absolute atomic E-state index is 0.0826. The highest BCUT2D eigenvalue weighted by Gasteiger charge is 2.11. The second-order valence-corrected chi connectivity index (χ2v) is 4.38. The fourth-order valence-corrected chi connectivity index (χ4v) is 2.07. The van der Waals surface area contributed by atoms with E-state index in [2.05, 4.69) is 5.10 Å². The van der Waals surface area contributed by atoms with Crippen LogP contribution in [0, 0.1) is 0 Å². The molecule has 96 valence electrons. The maximum absolute atomic E-state index is 8.97. The first-order valence-electron chi connectivity index (χ1n) is 5.68. The zero-order chi connectivity index (χ0) is 13.0. The first kappa shape index (κ1) is 12.9. The number of aromatic nitrogens is 2. The van der Waals surface area contributed by atoms with Crippen molar-refractivity contribution in [2.45, 2.75) is 13.0 Å². The molecule has 0 atom stereocenters. The van der Waals surface area contributed by atoms with E-state index in [-0.39, 0.29) is 6.61 Å². The van der Waals surface area contributed by atoms with Gasteiger partial charge in [0.05, 0.1) is 19.9 Å². The number of ether oxygens (including phenoxy) is 1. The summed E-state index contributed by atoms with van der Waals surface area (Å²) in [5.74, 6) is 0.684. The molecule has 2 aromatic rings. The predicted octanol–water partition coefficient (Wildman–Crippen LogP) is 2.13. The van der Waals surface area contributed by atoms with Crippen molar-refractivity contribution in [1.29, 1.82) is 0 Å². The maximum Gasteiger partial charge on any atom is 0.215 e. The van der Waals surface area contributed by atoms with Gasteiger partial charge in [0, 0.05) is 23.6 Å². The summed E-state index contributed by atoms with van der Waals surface area (Å²) in [6.45, 7) is 0.675. The lowest BCUT2D eigenvalue weighted by Crippen LogP contribution is -2.05. The van der Waals surface area contributed by atoms with Crippen LogP contribution in [-0.2, 0) is 13.0 Å². The van der Waals surface area contributed by atoms with Gasteiger partial charge in [-0.15, -0.1) is 0 Å². The smallest absolute Gasteiger partial charge is 0.215 e. The number of aliphatic hydroxyl groups is 1. The molecule has 0 bridgehead atoms. The van der Waals surface area contributed by atoms with Gasteiger partial charge in [-0.05, 0) is 17.7 Å². The summed E-state index contributed by atoms with van der Waals surface area (Å²) >= 11 is 5.95. The Labute approximate surface area is 111 Å². The quantitative estimate of drug-likeness (QED) is 0.902. The van der Waals surface area contributed by atoms with E-state index >= 15 is 0 Å². The molecule has 0 aliphatic heterocycles. The Bertz CT molecular complexity index is 525. The molecule has 2 rings (SSSR count). The highest BCUT2D eigenvalue weighted by atomic mass is 35.5. The molecule has 0 fully saturated rings. The van der Waals surface area contributed by atoms with Crippen molar-refractivity contribution in [2.75, 3.05) is 13.7 Å². The average molecular weight is 267 g/mol. The summed E-state index contributed by atoms with van der Waals surface area (Å²) in [7, 11) is 1.60. The standard InChI is InChI=1S/C13H15ClN2O2/c1-18-13-11(5-6-17)8-15-16(13)9-10-3-2-4-12(14)7-10/h2-4,7-8,17H,5-6,9H2,1H3. The van der Waals surface area contributed by atoms with Gasteiger partial charge >= 0.3 is 0 Å². The first-order chi connectivity index (χ1) is 8.74. The van der Waals surface area contributed by atoms with Gasteiger partial charge < -0.3 is 9.84 Å². The Morgan fingerprint density at radius 2 is 2.28 bits per heavy atom. The van der Waals surface area contributed by atoms with Gasteiger partial charge in [0.25, 0.3) is 0 Å². The molecule has 1 heterocycles. The zero-order valence-electron chi connectivity index (χ0n) is 10.1. The van der Waals surface area contributed by atoms with Crippen LogP contribution in [0.4, 0.5) is 0 Å². The normalized spacial score (nSPS) is 10.6. The Balaban J connectivity index is 2.23. The van der Waals surface area contributed by atoms with Gasteiger partial charge in [-0.1, -0.05) is 23.7 Å². The Hall–Kier alpha value is -1.52. The van der Waals surface area contributed by atoms with Crippen molar-refractivity contribution in [3.05, 3.63) is 46.6 Å². The van der Waals surface area contributed by atoms with E-state index in [4.69, 9.17) is 21.4 Å². The lowest BCUT2D eigenvalue weighted by atomic mass is 10.2. The highest BCUT2D eigenvalue weighted by molar-refractivity contribution is 6.30. The fraction of sp³-hybridized carbons (Fsp3) is 0.308. The fourth-order valence-electron chi connectivity index (χ4n) is 1.86. The molecule has 5 heteroatoms. The van der Waals surface area contributed by atoms with E-state index in [0.717, 1.165) is 11.1 Å². The predicted molar refractivity (Wildman–Crippen MR) is 70.1 cm³/mol. The van der Waals surface area contributed by atoms with Crippen LogP contribution in [0.2, 0.25) is 5.02 Å². The Kier molecular flexibility index (Phi) is 4.23. The van der Waals surface area contributed by atoms with Gasteiger partial charge in [-0.2, -0.15) is 5.10 Å². The SMILES string of the molecule is COc1c(CCO)cnn1Cc1cccc(Cl)c1. The van der Waals surface area contributed by atoms with E-state index in [1.165, 1.54) is 0 Å². The maximum atomic E-state index is 8.97. The van der Waals surface area contributed by atoms with Crippen LogP contribution >= 0.6 is 11.6 Å². The number of benzene rings is 1. The van der Waals surface area contributed by atoms with Crippen molar-refractivity contribution in [3.63, 3.8) is 0 Å². The number of nitrogens with zero attached hydrogens (tertiary/aromatic N) is 2. The third kappa shape index (κ3) is 2.83. The Morgan fingerprint density at radius 3 is 2.94 bits per heavy atom. The molecule has 0 radical (unpaired) electrons. The summed E-state index contributed by atoms with van der Waals surface area (Å²) in [4.78, 5) is 0. The molecule has 0 amide bonds. The first-order valence-corrected chi connectivity index (χ1v) is 6.06. The summed E-state index contributed by atoms with van der Waals surface area (Å²) in [6, 6.07) is 7.62. The van der Waals surface area contributed by atoms with Crippen LogP contribution in [0.25, 0.3) is 0 Å². The van der Waals surface area contributed by atoms with Gasteiger partial charge in [0.15, 0.2) is 0 Å². The third-order valence-electron chi connectivity index (χ3n) is 2.66. The minimum atomic E-state index is 0.0826. The summed E-state index contributed by atoms with van der Waals surface area (Å²) < 4.78 is 7.09.